The van der Waals surface area contributed by atoms with Crippen molar-refractivity contribution >= 4 is 38.9 Å². The van der Waals surface area contributed by atoms with Crippen molar-refractivity contribution in [2.45, 2.75) is 0 Å². The van der Waals surface area contributed by atoms with Gasteiger partial charge in [-0.2, -0.15) is 0 Å². The molecule has 90 valence electrons. The number of carbonyl (C=O) groups is 1. The van der Waals surface area contributed by atoms with Crippen LogP contribution in [0.5, 0.6) is 0 Å². The first-order valence-electron chi connectivity index (χ1n) is 4.95. The molecule has 0 aliphatic heterocycles. The molecule has 0 saturated heterocycles. The standard InChI is InChI=1S/C11H6N2O3S2/c14-9-7-5(6-2-1-3-17-6)4-18-10(7)13-8(12-9)11(15)16/h1-4H,(H,15,16)(H,12,13,14). The summed E-state index contributed by atoms with van der Waals surface area (Å²) in [7, 11) is 0. The Labute approximate surface area is 108 Å². The minimum Gasteiger partial charge on any atom is -0.475 e. The van der Waals surface area contributed by atoms with Gasteiger partial charge in [-0.1, -0.05) is 6.07 Å². The van der Waals surface area contributed by atoms with E-state index in [1.807, 2.05) is 22.9 Å². The van der Waals surface area contributed by atoms with Gasteiger partial charge in [0, 0.05) is 15.8 Å². The largest absolute Gasteiger partial charge is 0.475 e. The van der Waals surface area contributed by atoms with Crippen LogP contribution in [0.4, 0.5) is 0 Å². The second-order valence-corrected chi connectivity index (χ2v) is 5.33. The number of hydrogen-bond donors (Lipinski definition) is 2. The van der Waals surface area contributed by atoms with Crippen LogP contribution in [-0.4, -0.2) is 21.0 Å². The third kappa shape index (κ3) is 1.64. The number of thiophene rings is 2. The summed E-state index contributed by atoms with van der Waals surface area (Å²) >= 11 is 2.79. The van der Waals surface area contributed by atoms with Gasteiger partial charge < -0.3 is 10.1 Å². The van der Waals surface area contributed by atoms with Crippen LogP contribution in [-0.2, 0) is 0 Å². The second kappa shape index (κ2) is 4.04. The maximum atomic E-state index is 11.9. The zero-order valence-corrected chi connectivity index (χ0v) is 10.5. The normalized spacial score (nSPS) is 10.9. The first kappa shape index (κ1) is 11.1. The van der Waals surface area contributed by atoms with Gasteiger partial charge in [-0.05, 0) is 11.4 Å². The van der Waals surface area contributed by atoms with Crippen LogP contribution >= 0.6 is 22.7 Å². The molecule has 0 fully saturated rings. The zero-order valence-electron chi connectivity index (χ0n) is 8.84. The van der Waals surface area contributed by atoms with Crippen LogP contribution in [0.15, 0.2) is 27.7 Å². The van der Waals surface area contributed by atoms with E-state index >= 15 is 0 Å². The predicted molar refractivity (Wildman–Crippen MR) is 70.5 cm³/mol. The molecule has 0 aliphatic rings. The minimum atomic E-state index is -1.24. The molecule has 0 spiro atoms. The van der Waals surface area contributed by atoms with Crippen molar-refractivity contribution < 1.29 is 9.90 Å². The number of carboxylic acid groups (broad SMARTS) is 1. The Kier molecular flexibility index (Phi) is 2.49. The molecule has 0 aromatic carbocycles. The van der Waals surface area contributed by atoms with Gasteiger partial charge in [0.2, 0.25) is 5.82 Å². The molecule has 0 radical (unpaired) electrons. The first-order chi connectivity index (χ1) is 8.66. The molecule has 18 heavy (non-hydrogen) atoms. The van der Waals surface area contributed by atoms with Crippen LogP contribution in [0.25, 0.3) is 20.7 Å². The maximum absolute atomic E-state index is 11.9. The van der Waals surface area contributed by atoms with Crippen molar-refractivity contribution in [1.29, 1.82) is 0 Å². The fourth-order valence-corrected chi connectivity index (χ4v) is 3.43. The predicted octanol–water partition coefficient (Wildman–Crippen LogP) is 2.41. The number of aromatic carboxylic acids is 1. The Morgan fingerprint density at radius 2 is 2.22 bits per heavy atom. The van der Waals surface area contributed by atoms with Crippen LogP contribution in [0, 0.1) is 0 Å². The molecule has 7 heteroatoms. The molecule has 2 N–H and O–H groups in total. The molecule has 0 amide bonds. The lowest BCUT2D eigenvalue weighted by Crippen LogP contribution is -2.14. The van der Waals surface area contributed by atoms with E-state index in [0.29, 0.717) is 10.2 Å². The number of rotatable bonds is 2. The maximum Gasteiger partial charge on any atom is 0.372 e. The number of hydrogen-bond acceptors (Lipinski definition) is 5. The summed E-state index contributed by atoms with van der Waals surface area (Å²) in [5, 5.41) is 13.0. The Morgan fingerprint density at radius 1 is 1.39 bits per heavy atom. The van der Waals surface area contributed by atoms with Gasteiger partial charge in [0.1, 0.15) is 4.83 Å². The number of nitrogens with one attached hydrogen (secondary N) is 1. The molecule has 0 unspecified atom stereocenters. The van der Waals surface area contributed by atoms with Crippen molar-refractivity contribution in [2.75, 3.05) is 0 Å². The van der Waals surface area contributed by atoms with Crippen molar-refractivity contribution in [3.8, 4) is 10.4 Å². The van der Waals surface area contributed by atoms with Crippen LogP contribution in [0.2, 0.25) is 0 Å². The van der Waals surface area contributed by atoms with E-state index in [0.717, 1.165) is 10.4 Å². The highest BCUT2D eigenvalue weighted by atomic mass is 32.1. The lowest BCUT2D eigenvalue weighted by atomic mass is 10.2. The highest BCUT2D eigenvalue weighted by Gasteiger charge is 2.15. The Hall–Kier alpha value is -1.99. The van der Waals surface area contributed by atoms with E-state index < -0.39 is 11.5 Å². The van der Waals surface area contributed by atoms with E-state index in [-0.39, 0.29) is 5.82 Å². The average Bonchev–Trinajstić information content (AvgIpc) is 2.96. The van der Waals surface area contributed by atoms with Crippen molar-refractivity contribution in [3.63, 3.8) is 0 Å². The topological polar surface area (TPSA) is 83.0 Å². The summed E-state index contributed by atoms with van der Waals surface area (Å²) in [6.07, 6.45) is 0. The molecule has 3 rings (SSSR count). The van der Waals surface area contributed by atoms with E-state index in [2.05, 4.69) is 9.97 Å². The number of nitrogens with zero attached hydrogens (tertiary/aromatic N) is 1. The second-order valence-electron chi connectivity index (χ2n) is 3.53. The molecule has 5 nitrogen and oxygen atoms in total. The van der Waals surface area contributed by atoms with Gasteiger partial charge in [0.25, 0.3) is 5.56 Å². The van der Waals surface area contributed by atoms with Gasteiger partial charge >= 0.3 is 5.97 Å². The zero-order chi connectivity index (χ0) is 12.7. The van der Waals surface area contributed by atoms with Gasteiger partial charge in [0.15, 0.2) is 0 Å². The van der Waals surface area contributed by atoms with Crippen LogP contribution in [0.1, 0.15) is 10.6 Å². The smallest absolute Gasteiger partial charge is 0.372 e. The lowest BCUT2D eigenvalue weighted by molar-refractivity contribution is 0.0683. The average molecular weight is 278 g/mol. The molecule has 3 aromatic heterocycles. The molecule has 3 aromatic rings. The third-order valence-electron chi connectivity index (χ3n) is 2.43. The SMILES string of the molecule is O=C(O)c1nc2scc(-c3cccs3)c2c(=O)[nH]1. The van der Waals surface area contributed by atoms with Crippen molar-refractivity contribution in [2.24, 2.45) is 0 Å². The van der Waals surface area contributed by atoms with Crippen LogP contribution < -0.4 is 5.56 Å². The number of H-pyrrole nitrogens is 1. The van der Waals surface area contributed by atoms with E-state index in [4.69, 9.17) is 5.11 Å². The molecule has 0 saturated carbocycles. The quantitative estimate of drug-likeness (QED) is 0.754. The number of aromatic amines is 1. The number of carboxylic acids is 1. The summed E-state index contributed by atoms with van der Waals surface area (Å²) in [6, 6.07) is 3.81. The van der Waals surface area contributed by atoms with Crippen LogP contribution in [0.3, 0.4) is 0 Å². The summed E-state index contributed by atoms with van der Waals surface area (Å²) in [4.78, 5) is 30.4. The molecule has 0 atom stereocenters. The van der Waals surface area contributed by atoms with E-state index in [9.17, 15) is 9.59 Å². The Balaban J connectivity index is 2.33. The molecular weight excluding hydrogens is 272 g/mol. The fourth-order valence-electron chi connectivity index (χ4n) is 1.66. The highest BCUT2D eigenvalue weighted by Crippen LogP contribution is 2.33. The molecular formula is C11H6N2O3S2. The van der Waals surface area contributed by atoms with Crippen molar-refractivity contribution in [1.82, 2.24) is 9.97 Å². The summed E-state index contributed by atoms with van der Waals surface area (Å²) in [6.45, 7) is 0. The summed E-state index contributed by atoms with van der Waals surface area (Å²) in [5.41, 5.74) is 0.387. The highest BCUT2D eigenvalue weighted by molar-refractivity contribution is 7.18. The lowest BCUT2D eigenvalue weighted by Gasteiger charge is -1.96. The summed E-state index contributed by atoms with van der Waals surface area (Å²) in [5.74, 6) is -1.56. The van der Waals surface area contributed by atoms with Gasteiger partial charge in [-0.25, -0.2) is 9.78 Å². The summed E-state index contributed by atoms with van der Waals surface area (Å²) < 4.78 is 0. The Bertz CT molecular complexity index is 786. The molecule has 0 bridgehead atoms. The van der Waals surface area contributed by atoms with Gasteiger partial charge in [0.05, 0.1) is 5.39 Å². The van der Waals surface area contributed by atoms with Gasteiger partial charge in [-0.15, -0.1) is 22.7 Å². The first-order valence-corrected chi connectivity index (χ1v) is 6.71. The van der Waals surface area contributed by atoms with E-state index in [1.165, 1.54) is 22.7 Å². The van der Waals surface area contributed by atoms with E-state index in [1.54, 1.807) is 0 Å². The number of aromatic nitrogens is 2. The Morgan fingerprint density at radius 3 is 2.89 bits per heavy atom. The monoisotopic (exact) mass is 278 g/mol. The fraction of sp³-hybridized carbons (Fsp3) is 0. The van der Waals surface area contributed by atoms with Gasteiger partial charge in [-0.3, -0.25) is 4.79 Å². The molecule has 3 heterocycles. The minimum absolute atomic E-state index is 0.327. The molecule has 0 aliphatic carbocycles. The number of fused-ring (bicyclic) bond motifs is 1. The third-order valence-corrected chi connectivity index (χ3v) is 4.21. The van der Waals surface area contributed by atoms with Crippen molar-refractivity contribution in [3.05, 3.63) is 39.1 Å².